The van der Waals surface area contributed by atoms with Gasteiger partial charge in [-0.1, -0.05) is 66.7 Å². The Labute approximate surface area is 292 Å². The van der Waals surface area contributed by atoms with E-state index < -0.39 is 54.5 Å². The summed E-state index contributed by atoms with van der Waals surface area (Å²) in [5.74, 6) is -4.92. The minimum atomic E-state index is -5.42. The number of halogens is 3. The van der Waals surface area contributed by atoms with Crippen LogP contribution < -0.4 is 15.4 Å². The molecule has 1 aliphatic rings. The van der Waals surface area contributed by atoms with Crippen LogP contribution in [0, 0.1) is 6.92 Å². The average Bonchev–Trinajstić information content (AvgIpc) is 3.17. The topological polar surface area (TPSA) is 145 Å². The summed E-state index contributed by atoms with van der Waals surface area (Å²) in [5, 5.41) is 0. The van der Waals surface area contributed by atoms with Gasteiger partial charge in [0.15, 0.2) is 0 Å². The SMILES string of the molecule is Cc1cc(OCCCc2ccc3c(c2)C(=O)N(C(CC(=O)OC(=O)C(F)(F)F)c2ccccc2)C(c2ccccc2)C(=O)N3C(C)C)nc(N)n1. The third kappa shape index (κ3) is 8.51. The van der Waals surface area contributed by atoms with Crippen molar-refractivity contribution in [3.63, 3.8) is 0 Å². The zero-order chi connectivity index (χ0) is 36.9. The fraction of sp³-hybridized carbons (Fsp3) is 0.297. The van der Waals surface area contributed by atoms with E-state index in [0.717, 1.165) is 5.56 Å². The van der Waals surface area contributed by atoms with Crippen LogP contribution in [0.5, 0.6) is 5.88 Å². The van der Waals surface area contributed by atoms with Gasteiger partial charge < -0.3 is 25.0 Å². The van der Waals surface area contributed by atoms with Crippen molar-refractivity contribution >= 4 is 35.4 Å². The Hall–Kier alpha value is -5.79. The summed E-state index contributed by atoms with van der Waals surface area (Å²) in [6.07, 6.45) is -5.29. The van der Waals surface area contributed by atoms with Gasteiger partial charge in [-0.05, 0) is 62.4 Å². The standard InChI is InChI=1S/C37H36F3N5O6/c1-22(2)44-28-17-16-24(11-10-18-50-30-19-23(3)42-36(41)43-30)20-27(28)33(47)45(32(34(44)48)26-14-8-5-9-15-26)29(25-12-6-4-7-13-25)21-31(46)51-35(49)37(38,39)40/h4-9,12-17,19-20,22,29,32H,10-11,18,21H2,1-3H3,(H2,41,42,43). The van der Waals surface area contributed by atoms with Crippen LogP contribution in [0.2, 0.25) is 0 Å². The van der Waals surface area contributed by atoms with Crippen LogP contribution in [0.1, 0.15) is 71.5 Å². The van der Waals surface area contributed by atoms with Crippen molar-refractivity contribution in [2.24, 2.45) is 0 Å². The highest BCUT2D eigenvalue weighted by molar-refractivity contribution is 6.12. The minimum absolute atomic E-state index is 0.0888. The van der Waals surface area contributed by atoms with E-state index in [1.54, 1.807) is 99.6 Å². The number of nitrogens with two attached hydrogens (primary N) is 1. The first kappa shape index (κ1) is 36.5. The molecule has 0 aliphatic carbocycles. The van der Waals surface area contributed by atoms with Crippen molar-refractivity contribution < 1.29 is 41.8 Å². The molecule has 2 atom stereocenters. The van der Waals surface area contributed by atoms with E-state index in [1.807, 2.05) is 6.07 Å². The zero-order valence-electron chi connectivity index (χ0n) is 28.1. The summed E-state index contributed by atoms with van der Waals surface area (Å²) in [6, 6.07) is 20.3. The van der Waals surface area contributed by atoms with E-state index in [-0.39, 0.29) is 18.1 Å². The van der Waals surface area contributed by atoms with E-state index in [1.165, 1.54) is 9.80 Å². The third-order valence-corrected chi connectivity index (χ3v) is 8.19. The molecule has 5 rings (SSSR count). The normalized spacial score (nSPS) is 15.3. The molecular formula is C37H36F3N5O6. The van der Waals surface area contributed by atoms with Crippen molar-refractivity contribution in [1.82, 2.24) is 14.9 Å². The first-order valence-corrected chi connectivity index (χ1v) is 16.2. The Morgan fingerprint density at radius 3 is 2.24 bits per heavy atom. The van der Waals surface area contributed by atoms with Crippen LogP contribution in [0.25, 0.3) is 0 Å². The molecule has 0 fully saturated rings. The molecule has 11 nitrogen and oxygen atoms in total. The van der Waals surface area contributed by atoms with E-state index in [2.05, 4.69) is 14.7 Å². The minimum Gasteiger partial charge on any atom is -0.478 e. The number of anilines is 2. The van der Waals surface area contributed by atoms with E-state index in [4.69, 9.17) is 10.5 Å². The lowest BCUT2D eigenvalue weighted by molar-refractivity contribution is -0.202. The quantitative estimate of drug-likeness (QED) is 0.112. The molecule has 0 bridgehead atoms. The maximum Gasteiger partial charge on any atom is 0.491 e. The molecule has 2 unspecified atom stereocenters. The molecule has 3 aromatic carbocycles. The second-order valence-corrected chi connectivity index (χ2v) is 12.2. The molecule has 0 spiro atoms. The van der Waals surface area contributed by atoms with Gasteiger partial charge in [0.25, 0.3) is 11.8 Å². The monoisotopic (exact) mass is 703 g/mol. The number of carbonyl (C=O) groups is 4. The van der Waals surface area contributed by atoms with Crippen LogP contribution in [0.15, 0.2) is 84.9 Å². The summed E-state index contributed by atoms with van der Waals surface area (Å²) >= 11 is 0. The number of amides is 2. The summed E-state index contributed by atoms with van der Waals surface area (Å²) < 4.78 is 49.1. The Bertz CT molecular complexity index is 1890. The molecule has 4 aromatic rings. The average molecular weight is 704 g/mol. The van der Waals surface area contributed by atoms with E-state index in [9.17, 15) is 32.3 Å². The first-order valence-electron chi connectivity index (χ1n) is 16.2. The number of carbonyl (C=O) groups excluding carboxylic acids is 4. The number of fused-ring (bicyclic) bond motifs is 1. The smallest absolute Gasteiger partial charge is 0.478 e. The van der Waals surface area contributed by atoms with Crippen molar-refractivity contribution in [3.05, 3.63) is 113 Å². The number of nitrogens with zero attached hydrogens (tertiary/aromatic N) is 4. The lowest BCUT2D eigenvalue weighted by Crippen LogP contribution is -2.46. The first-order chi connectivity index (χ1) is 24.2. The van der Waals surface area contributed by atoms with Gasteiger partial charge in [-0.3, -0.25) is 14.4 Å². The molecule has 1 aliphatic heterocycles. The summed E-state index contributed by atoms with van der Waals surface area (Å²) in [5.41, 5.74) is 8.33. The second kappa shape index (κ2) is 15.4. The zero-order valence-corrected chi connectivity index (χ0v) is 28.1. The van der Waals surface area contributed by atoms with E-state index >= 15 is 0 Å². The number of benzene rings is 3. The molecule has 51 heavy (non-hydrogen) atoms. The maximum absolute atomic E-state index is 14.9. The van der Waals surface area contributed by atoms with Crippen molar-refractivity contribution in [3.8, 4) is 5.88 Å². The van der Waals surface area contributed by atoms with Gasteiger partial charge in [0, 0.05) is 17.8 Å². The highest BCUT2D eigenvalue weighted by atomic mass is 19.4. The van der Waals surface area contributed by atoms with Crippen molar-refractivity contribution in [1.29, 1.82) is 0 Å². The number of hydrogen-bond donors (Lipinski definition) is 1. The predicted molar refractivity (Wildman–Crippen MR) is 180 cm³/mol. The van der Waals surface area contributed by atoms with Crippen molar-refractivity contribution in [2.45, 2.75) is 64.3 Å². The van der Waals surface area contributed by atoms with Gasteiger partial charge in [0.1, 0.15) is 6.04 Å². The largest absolute Gasteiger partial charge is 0.491 e. The maximum atomic E-state index is 14.9. The molecule has 2 heterocycles. The number of aromatic nitrogens is 2. The van der Waals surface area contributed by atoms with Crippen LogP contribution in [-0.2, 0) is 25.5 Å². The lowest BCUT2D eigenvalue weighted by Gasteiger charge is -2.37. The van der Waals surface area contributed by atoms with Crippen LogP contribution in [0.3, 0.4) is 0 Å². The molecular weight excluding hydrogens is 667 g/mol. The molecule has 0 radical (unpaired) electrons. The highest BCUT2D eigenvalue weighted by Gasteiger charge is 2.47. The van der Waals surface area contributed by atoms with Gasteiger partial charge in [-0.2, -0.15) is 18.2 Å². The molecule has 1 aromatic heterocycles. The van der Waals surface area contributed by atoms with Gasteiger partial charge in [0.2, 0.25) is 11.8 Å². The number of ether oxygens (including phenoxy) is 2. The second-order valence-electron chi connectivity index (χ2n) is 12.2. The number of aryl methyl sites for hydroxylation is 2. The highest BCUT2D eigenvalue weighted by Crippen LogP contribution is 2.42. The van der Waals surface area contributed by atoms with E-state index in [0.29, 0.717) is 41.2 Å². The number of nitrogen functional groups attached to an aromatic ring is 1. The number of esters is 2. The van der Waals surface area contributed by atoms with Crippen LogP contribution in [-0.4, -0.2) is 57.4 Å². The molecule has 0 saturated heterocycles. The molecule has 266 valence electrons. The molecule has 14 heteroatoms. The van der Waals surface area contributed by atoms with Gasteiger partial charge in [-0.15, -0.1) is 0 Å². The summed E-state index contributed by atoms with van der Waals surface area (Å²) in [4.78, 5) is 65.1. The summed E-state index contributed by atoms with van der Waals surface area (Å²) in [7, 11) is 0. The Balaban J connectivity index is 1.57. The van der Waals surface area contributed by atoms with Crippen LogP contribution in [0.4, 0.5) is 24.8 Å². The fourth-order valence-corrected chi connectivity index (χ4v) is 6.04. The number of alkyl halides is 3. The Morgan fingerprint density at radius 1 is 0.941 bits per heavy atom. The van der Waals surface area contributed by atoms with Crippen LogP contribution >= 0.6 is 0 Å². The number of hydrogen-bond acceptors (Lipinski definition) is 9. The predicted octanol–water partition coefficient (Wildman–Crippen LogP) is 6.08. The third-order valence-electron chi connectivity index (χ3n) is 8.19. The number of rotatable bonds is 11. The van der Waals surface area contributed by atoms with Gasteiger partial charge in [0.05, 0.1) is 30.3 Å². The Kier molecular flexibility index (Phi) is 11.0. The van der Waals surface area contributed by atoms with Crippen molar-refractivity contribution in [2.75, 3.05) is 17.2 Å². The van der Waals surface area contributed by atoms with Gasteiger partial charge in [-0.25, -0.2) is 9.78 Å². The lowest BCUT2D eigenvalue weighted by atomic mass is 9.95. The molecule has 0 saturated carbocycles. The fourth-order valence-electron chi connectivity index (χ4n) is 6.04. The Morgan fingerprint density at radius 2 is 1.61 bits per heavy atom. The van der Waals surface area contributed by atoms with Gasteiger partial charge >= 0.3 is 18.1 Å². The molecule has 2 amide bonds. The summed E-state index contributed by atoms with van der Waals surface area (Å²) in [6.45, 7) is 5.63. The molecule has 2 N–H and O–H groups in total.